The van der Waals surface area contributed by atoms with E-state index in [1.807, 2.05) is 54.6 Å². The molecule has 0 fully saturated rings. The molecule has 3 aromatic carbocycles. The molecule has 0 saturated carbocycles. The molecular formula is C34H39IN2O8. The van der Waals surface area contributed by atoms with Crippen molar-refractivity contribution in [1.82, 2.24) is 10.2 Å². The Morgan fingerprint density at radius 1 is 0.978 bits per heavy atom. The number of rotatable bonds is 14. The average molecular weight is 731 g/mol. The van der Waals surface area contributed by atoms with Crippen molar-refractivity contribution in [1.29, 1.82) is 0 Å². The van der Waals surface area contributed by atoms with E-state index in [0.29, 0.717) is 38.4 Å². The molecule has 1 aliphatic rings. The molecule has 0 bridgehead atoms. The normalized spacial score (nSPS) is 17.6. The summed E-state index contributed by atoms with van der Waals surface area (Å²) in [7, 11) is 3.07. The van der Waals surface area contributed by atoms with Crippen LogP contribution >= 0.6 is 22.6 Å². The van der Waals surface area contributed by atoms with Gasteiger partial charge in [0.25, 0.3) is 0 Å². The molecule has 11 heteroatoms. The summed E-state index contributed by atoms with van der Waals surface area (Å²) in [6, 6.07) is 19.5. The number of methoxy groups -OCH3 is 2. The number of benzene rings is 3. The van der Waals surface area contributed by atoms with E-state index in [4.69, 9.17) is 14.2 Å². The topological polar surface area (TPSA) is 138 Å². The number of nitrogens with zero attached hydrogens (tertiary/aromatic N) is 1. The monoisotopic (exact) mass is 730 g/mol. The second-order valence-corrected chi connectivity index (χ2v) is 11.8. The van der Waals surface area contributed by atoms with Crippen LogP contribution in [0.5, 0.6) is 17.2 Å². The van der Waals surface area contributed by atoms with Crippen LogP contribution in [0.3, 0.4) is 0 Å². The van der Waals surface area contributed by atoms with Crippen LogP contribution in [0.2, 0.25) is 0 Å². The summed E-state index contributed by atoms with van der Waals surface area (Å²) in [5.41, 5.74) is 2.72. The third kappa shape index (κ3) is 8.97. The summed E-state index contributed by atoms with van der Waals surface area (Å²) in [5, 5.41) is 33.5. The summed E-state index contributed by atoms with van der Waals surface area (Å²) in [5.74, 6) is 0.765. The van der Waals surface area contributed by atoms with Crippen LogP contribution in [-0.4, -0.2) is 84.2 Å². The van der Waals surface area contributed by atoms with Crippen molar-refractivity contribution in [2.75, 3.05) is 33.9 Å². The van der Waals surface area contributed by atoms with Crippen LogP contribution in [-0.2, 0) is 29.0 Å². The molecule has 0 aliphatic heterocycles. The largest absolute Gasteiger partial charge is 0.497 e. The first-order chi connectivity index (χ1) is 21.8. The Balaban J connectivity index is 1.71. The number of carbonyl (C=O) groups excluding carboxylic acids is 2. The van der Waals surface area contributed by atoms with Gasteiger partial charge in [-0.3, -0.25) is 9.59 Å². The molecule has 0 saturated heterocycles. The van der Waals surface area contributed by atoms with Crippen molar-refractivity contribution >= 4 is 34.4 Å². The van der Waals surface area contributed by atoms with Gasteiger partial charge >= 0.3 is 0 Å². The Morgan fingerprint density at radius 3 is 2.42 bits per heavy atom. The first-order valence-corrected chi connectivity index (χ1v) is 15.7. The first kappa shape index (κ1) is 34.2. The molecule has 2 amide bonds. The Morgan fingerprint density at radius 2 is 1.73 bits per heavy atom. The minimum Gasteiger partial charge on any atom is -0.497 e. The van der Waals surface area contributed by atoms with Gasteiger partial charge in [0.2, 0.25) is 11.8 Å². The smallest absolute Gasteiger partial charge is 0.247 e. The number of aliphatic hydroxyl groups excluding tert-OH is 3. The molecule has 45 heavy (non-hydrogen) atoms. The lowest BCUT2D eigenvalue weighted by Gasteiger charge is -2.41. The Bertz CT molecular complexity index is 1480. The van der Waals surface area contributed by atoms with E-state index in [-0.39, 0.29) is 45.1 Å². The van der Waals surface area contributed by atoms with E-state index in [1.165, 1.54) is 7.11 Å². The molecule has 3 unspecified atom stereocenters. The maximum atomic E-state index is 14.0. The molecule has 1 aliphatic carbocycles. The van der Waals surface area contributed by atoms with E-state index in [2.05, 4.69) is 27.9 Å². The summed E-state index contributed by atoms with van der Waals surface area (Å²) in [6.45, 7) is -0.109. The van der Waals surface area contributed by atoms with Crippen LogP contribution < -0.4 is 19.5 Å². The second-order valence-electron chi connectivity index (χ2n) is 10.6. The number of amides is 2. The number of aliphatic hydroxyl groups is 3. The summed E-state index contributed by atoms with van der Waals surface area (Å²) >= 11 is 2.07. The number of hydrogen-bond donors (Lipinski definition) is 4. The van der Waals surface area contributed by atoms with Crippen LogP contribution in [0.1, 0.15) is 23.1 Å². The SMILES string of the molecule is COc1cccc(CCN(C(=O)Cc2ccccc2)C2CC(C(=O)NCCO)=CC(Oc3c(I)cc(CO)cc3OC)C2O)c1. The Labute approximate surface area is 276 Å². The molecule has 4 N–H and O–H groups in total. The minimum absolute atomic E-state index is 0.0513. The standard InChI is InChI=1S/C34H39IN2O8/c1-43-26-10-6-9-23(15-26)11-13-37(31(40)18-22-7-4-3-5-8-22)28-19-25(34(42)36-12-14-38)20-29(32(28)41)45-33-27(35)16-24(21-39)17-30(33)44-2/h3-10,15-17,20,28-29,32,38-39,41H,11-14,18-19,21H2,1-2H3,(H,36,42). The van der Waals surface area contributed by atoms with Crippen LogP contribution in [0, 0.1) is 3.57 Å². The van der Waals surface area contributed by atoms with E-state index in [0.717, 1.165) is 11.1 Å². The molecule has 0 aromatic heterocycles. The lowest BCUT2D eigenvalue weighted by molar-refractivity contribution is -0.137. The predicted molar refractivity (Wildman–Crippen MR) is 177 cm³/mol. The number of nitrogens with one attached hydrogen (secondary N) is 1. The van der Waals surface area contributed by atoms with E-state index in [1.54, 1.807) is 30.2 Å². The van der Waals surface area contributed by atoms with Crippen LogP contribution in [0.4, 0.5) is 0 Å². The van der Waals surface area contributed by atoms with Crippen molar-refractivity contribution in [3.8, 4) is 17.2 Å². The third-order valence-electron chi connectivity index (χ3n) is 7.63. The third-order valence-corrected chi connectivity index (χ3v) is 8.44. The summed E-state index contributed by atoms with van der Waals surface area (Å²) in [6.07, 6.45) is 0.00105. The quantitative estimate of drug-likeness (QED) is 0.186. The van der Waals surface area contributed by atoms with E-state index in [9.17, 15) is 24.9 Å². The summed E-state index contributed by atoms with van der Waals surface area (Å²) < 4.78 is 17.9. The fraction of sp³-hybridized carbons (Fsp3) is 0.353. The van der Waals surface area contributed by atoms with Crippen molar-refractivity contribution < 1.29 is 39.1 Å². The van der Waals surface area contributed by atoms with Gasteiger partial charge in [-0.25, -0.2) is 0 Å². The van der Waals surface area contributed by atoms with E-state index >= 15 is 0 Å². The fourth-order valence-corrected chi connectivity index (χ4v) is 6.11. The highest BCUT2D eigenvalue weighted by molar-refractivity contribution is 14.1. The first-order valence-electron chi connectivity index (χ1n) is 14.7. The van der Waals surface area contributed by atoms with Crippen molar-refractivity contribution in [2.45, 2.75) is 44.1 Å². The number of carbonyl (C=O) groups is 2. The molecule has 3 aromatic rings. The Kier molecular flexibility index (Phi) is 12.6. The maximum absolute atomic E-state index is 14.0. The zero-order valence-corrected chi connectivity index (χ0v) is 27.5. The maximum Gasteiger partial charge on any atom is 0.247 e. The Hall–Kier alpha value is -3.65. The second kappa shape index (κ2) is 16.6. The van der Waals surface area contributed by atoms with Gasteiger partial charge < -0.3 is 39.7 Å². The molecule has 0 heterocycles. The fourth-order valence-electron chi connectivity index (χ4n) is 5.32. The molecule has 3 atom stereocenters. The van der Waals surface area contributed by atoms with Crippen molar-refractivity contribution in [2.24, 2.45) is 0 Å². The van der Waals surface area contributed by atoms with Crippen molar-refractivity contribution in [3.63, 3.8) is 0 Å². The molecule has 240 valence electrons. The highest BCUT2D eigenvalue weighted by Crippen LogP contribution is 2.37. The molecule has 0 spiro atoms. The van der Waals surface area contributed by atoms with Crippen LogP contribution in [0.25, 0.3) is 0 Å². The number of ether oxygens (including phenoxy) is 3. The van der Waals surface area contributed by atoms with Crippen LogP contribution in [0.15, 0.2) is 78.4 Å². The highest BCUT2D eigenvalue weighted by Gasteiger charge is 2.41. The lowest BCUT2D eigenvalue weighted by Crippen LogP contribution is -2.56. The zero-order valence-electron chi connectivity index (χ0n) is 25.3. The van der Waals surface area contributed by atoms with Gasteiger partial charge in [-0.15, -0.1) is 0 Å². The van der Waals surface area contributed by atoms with Gasteiger partial charge in [-0.2, -0.15) is 0 Å². The highest BCUT2D eigenvalue weighted by atomic mass is 127. The van der Waals surface area contributed by atoms with E-state index < -0.39 is 24.2 Å². The predicted octanol–water partition coefficient (Wildman–Crippen LogP) is 3.03. The average Bonchev–Trinajstić information content (AvgIpc) is 3.06. The molecule has 0 radical (unpaired) electrons. The van der Waals surface area contributed by atoms with Gasteiger partial charge in [-0.1, -0.05) is 42.5 Å². The molecular weight excluding hydrogens is 691 g/mol. The lowest BCUT2D eigenvalue weighted by atomic mass is 9.87. The molecule has 4 rings (SSSR count). The van der Waals surface area contributed by atoms with Gasteiger partial charge in [-0.05, 0) is 76.0 Å². The summed E-state index contributed by atoms with van der Waals surface area (Å²) in [4.78, 5) is 28.8. The van der Waals surface area contributed by atoms with Gasteiger partial charge in [0.1, 0.15) is 18.0 Å². The van der Waals surface area contributed by atoms with Gasteiger partial charge in [0, 0.05) is 25.1 Å². The van der Waals surface area contributed by atoms with Gasteiger partial charge in [0.15, 0.2) is 11.5 Å². The minimum atomic E-state index is -1.21. The van der Waals surface area contributed by atoms with Gasteiger partial charge in [0.05, 0.1) is 43.5 Å². The number of halogens is 1. The number of hydrogen-bond acceptors (Lipinski definition) is 8. The molecule has 10 nitrogen and oxygen atoms in total. The van der Waals surface area contributed by atoms with Crippen molar-refractivity contribution in [3.05, 3.63) is 98.6 Å². The zero-order chi connectivity index (χ0) is 32.3.